The maximum Gasteiger partial charge on any atom is 0.289 e. The van der Waals surface area contributed by atoms with Crippen LogP contribution < -0.4 is 16.0 Å². The summed E-state index contributed by atoms with van der Waals surface area (Å²) in [6.45, 7) is 4.89. The molecule has 3 aliphatic rings. The second-order valence-corrected chi connectivity index (χ2v) is 9.59. The Labute approximate surface area is 187 Å². The molecule has 178 valence electrons. The maximum absolute atomic E-state index is 13.4. The summed E-state index contributed by atoms with van der Waals surface area (Å²) in [6, 6.07) is -1.58. The van der Waals surface area contributed by atoms with Crippen molar-refractivity contribution in [3.8, 4) is 0 Å². The van der Waals surface area contributed by atoms with Gasteiger partial charge in [-0.2, -0.15) is 0 Å². The van der Waals surface area contributed by atoms with Crippen molar-refractivity contribution in [1.29, 1.82) is 0 Å². The maximum atomic E-state index is 13.4. The molecule has 1 saturated heterocycles. The number of likely N-dealkylation sites (tertiary alicyclic amines) is 1. The first-order valence-corrected chi connectivity index (χ1v) is 11.5. The lowest BCUT2D eigenvalue weighted by Gasteiger charge is -2.32. The minimum atomic E-state index is -1.26. The highest BCUT2D eigenvalue weighted by atomic mass is 16.3. The molecule has 10 nitrogen and oxygen atoms in total. The molecule has 3 rings (SSSR count). The molecule has 3 fully saturated rings. The number of rotatable bonds is 9. The summed E-state index contributed by atoms with van der Waals surface area (Å²) in [7, 11) is 0. The summed E-state index contributed by atoms with van der Waals surface area (Å²) in [4.78, 5) is 63.9. The highest BCUT2D eigenvalue weighted by molar-refractivity contribution is 6.37. The molecule has 4 amide bonds. The molecule has 10 heteroatoms. The molecule has 0 aromatic carbocycles. The molecule has 1 heterocycles. The van der Waals surface area contributed by atoms with Gasteiger partial charge >= 0.3 is 0 Å². The van der Waals surface area contributed by atoms with Crippen molar-refractivity contribution in [3.05, 3.63) is 0 Å². The van der Waals surface area contributed by atoms with Crippen LogP contribution in [-0.2, 0) is 24.0 Å². The first kappa shape index (κ1) is 24.2. The van der Waals surface area contributed by atoms with Crippen molar-refractivity contribution in [3.63, 3.8) is 0 Å². The van der Waals surface area contributed by atoms with Crippen molar-refractivity contribution in [2.75, 3.05) is 13.1 Å². The van der Waals surface area contributed by atoms with Crippen molar-refractivity contribution < 1.29 is 29.1 Å². The minimum Gasteiger partial charge on any atom is -0.384 e. The Morgan fingerprint density at radius 1 is 1.03 bits per heavy atom. The number of ketones is 1. The first-order valence-electron chi connectivity index (χ1n) is 11.5. The summed E-state index contributed by atoms with van der Waals surface area (Å²) in [6.07, 6.45) is 3.14. The van der Waals surface area contributed by atoms with Crippen LogP contribution in [-0.4, -0.2) is 76.7 Å². The Kier molecular flexibility index (Phi) is 7.53. The number of amides is 4. The molecule has 2 saturated carbocycles. The van der Waals surface area contributed by atoms with Crippen LogP contribution in [0.25, 0.3) is 0 Å². The van der Waals surface area contributed by atoms with E-state index in [9.17, 15) is 29.1 Å². The summed E-state index contributed by atoms with van der Waals surface area (Å²) in [5, 5.41) is 17.3. The number of Topliss-reactive ketones (excluding diaryl/α,β-unsaturated/α-hetero) is 1. The van der Waals surface area contributed by atoms with Crippen molar-refractivity contribution in [1.82, 2.24) is 20.9 Å². The normalized spacial score (nSPS) is 26.3. The van der Waals surface area contributed by atoms with E-state index in [0.717, 1.165) is 32.1 Å². The highest BCUT2D eigenvalue weighted by Crippen LogP contribution is 2.42. The number of carbonyl (C=O) groups excluding carboxylic acids is 5. The van der Waals surface area contributed by atoms with E-state index in [0.29, 0.717) is 6.54 Å². The van der Waals surface area contributed by atoms with Crippen LogP contribution in [0, 0.1) is 17.8 Å². The SMILES string of the molecule is CC(C)[C@H](NC(=O)[C@H](C)O)C(=O)N1C[C@@H]2CCC[C@@H]2[C@H]1C(=O)NCC(=O)C(=O)NC1CC1. The summed E-state index contributed by atoms with van der Waals surface area (Å²) in [5.41, 5.74) is 0. The number of hydrogen-bond donors (Lipinski definition) is 4. The van der Waals surface area contributed by atoms with Gasteiger partial charge in [0.1, 0.15) is 18.2 Å². The molecular weight excluding hydrogens is 416 g/mol. The van der Waals surface area contributed by atoms with E-state index in [4.69, 9.17) is 0 Å². The van der Waals surface area contributed by atoms with Crippen molar-refractivity contribution >= 4 is 29.4 Å². The van der Waals surface area contributed by atoms with Crippen molar-refractivity contribution in [2.24, 2.45) is 17.8 Å². The number of aliphatic hydroxyl groups excluding tert-OH is 1. The van der Waals surface area contributed by atoms with Gasteiger partial charge in [0.2, 0.25) is 23.5 Å². The van der Waals surface area contributed by atoms with Gasteiger partial charge in [-0.1, -0.05) is 20.3 Å². The standard InChI is InChI=1S/C22H34N4O6/c1-11(2)17(25-19(29)12(3)27)22(32)26-10-13-5-4-6-15(13)18(26)21(31)23-9-16(28)20(30)24-14-7-8-14/h11-15,17-18,27H,4-10H2,1-3H3,(H,23,31)(H,24,30)(H,25,29)/t12-,13-,15-,17-,18-/m0/s1. The Hall–Kier alpha value is -2.49. The van der Waals surface area contributed by atoms with Gasteiger partial charge in [0.25, 0.3) is 5.91 Å². The average Bonchev–Trinajstić information content (AvgIpc) is 3.30. The van der Waals surface area contributed by atoms with Gasteiger partial charge in [-0.15, -0.1) is 0 Å². The zero-order chi connectivity index (χ0) is 23.6. The molecule has 0 bridgehead atoms. The van der Waals surface area contributed by atoms with Crippen LogP contribution in [0.15, 0.2) is 0 Å². The number of hydrogen-bond acceptors (Lipinski definition) is 6. The molecule has 1 aliphatic heterocycles. The molecule has 0 aromatic heterocycles. The van der Waals surface area contributed by atoms with Crippen LogP contribution in [0.2, 0.25) is 0 Å². The number of nitrogens with zero attached hydrogens (tertiary/aromatic N) is 1. The predicted octanol–water partition coefficient (Wildman–Crippen LogP) is -0.901. The fourth-order valence-electron chi connectivity index (χ4n) is 4.68. The van der Waals surface area contributed by atoms with E-state index in [1.54, 1.807) is 13.8 Å². The smallest absolute Gasteiger partial charge is 0.289 e. The Morgan fingerprint density at radius 3 is 2.31 bits per heavy atom. The molecule has 0 aromatic rings. The molecule has 0 radical (unpaired) electrons. The van der Waals surface area contributed by atoms with Crippen LogP contribution in [0.4, 0.5) is 0 Å². The number of carbonyl (C=O) groups is 5. The third-order valence-corrected chi connectivity index (χ3v) is 6.64. The van der Waals surface area contributed by atoms with E-state index in [2.05, 4.69) is 16.0 Å². The second kappa shape index (κ2) is 9.97. The van der Waals surface area contributed by atoms with Gasteiger partial charge in [0, 0.05) is 12.6 Å². The van der Waals surface area contributed by atoms with E-state index in [1.165, 1.54) is 11.8 Å². The highest BCUT2D eigenvalue weighted by Gasteiger charge is 2.50. The quantitative estimate of drug-likeness (QED) is 0.335. The molecular formula is C22H34N4O6. The van der Waals surface area contributed by atoms with Gasteiger partial charge in [-0.3, -0.25) is 24.0 Å². The van der Waals surface area contributed by atoms with Gasteiger partial charge in [0.15, 0.2) is 0 Å². The summed E-state index contributed by atoms with van der Waals surface area (Å²) < 4.78 is 0. The third-order valence-electron chi connectivity index (χ3n) is 6.64. The molecule has 4 N–H and O–H groups in total. The number of nitrogens with one attached hydrogen (secondary N) is 3. The van der Waals surface area contributed by atoms with Crippen LogP contribution in [0.5, 0.6) is 0 Å². The van der Waals surface area contributed by atoms with E-state index < -0.39 is 48.2 Å². The zero-order valence-electron chi connectivity index (χ0n) is 18.9. The third kappa shape index (κ3) is 5.46. The van der Waals surface area contributed by atoms with Crippen LogP contribution >= 0.6 is 0 Å². The zero-order valence-corrected chi connectivity index (χ0v) is 18.9. The topological polar surface area (TPSA) is 145 Å². The lowest BCUT2D eigenvalue weighted by molar-refractivity contribution is -0.144. The monoisotopic (exact) mass is 450 g/mol. The van der Waals surface area contributed by atoms with E-state index in [1.807, 2.05) is 0 Å². The van der Waals surface area contributed by atoms with Crippen molar-refractivity contribution in [2.45, 2.75) is 77.1 Å². The lowest BCUT2D eigenvalue weighted by atomic mass is 9.93. The molecule has 5 atom stereocenters. The van der Waals surface area contributed by atoms with Gasteiger partial charge < -0.3 is 26.0 Å². The minimum absolute atomic E-state index is 0.0189. The lowest BCUT2D eigenvalue weighted by Crippen LogP contribution is -2.57. The van der Waals surface area contributed by atoms with Crippen LogP contribution in [0.1, 0.15) is 52.9 Å². The number of aliphatic hydroxyl groups is 1. The number of fused-ring (bicyclic) bond motifs is 1. The van der Waals surface area contributed by atoms with E-state index >= 15 is 0 Å². The fourth-order valence-corrected chi connectivity index (χ4v) is 4.68. The van der Waals surface area contributed by atoms with Gasteiger partial charge in [0.05, 0.1) is 6.54 Å². The molecule has 0 spiro atoms. The first-order chi connectivity index (χ1) is 15.1. The molecule has 0 unspecified atom stereocenters. The van der Waals surface area contributed by atoms with Gasteiger partial charge in [-0.05, 0) is 50.4 Å². The average molecular weight is 451 g/mol. The predicted molar refractivity (Wildman–Crippen MR) is 114 cm³/mol. The fraction of sp³-hybridized carbons (Fsp3) is 0.773. The Balaban J connectivity index is 1.69. The summed E-state index contributed by atoms with van der Waals surface area (Å²) >= 11 is 0. The summed E-state index contributed by atoms with van der Waals surface area (Å²) in [5.74, 6) is -2.98. The van der Waals surface area contributed by atoms with E-state index in [-0.39, 0.29) is 29.7 Å². The van der Waals surface area contributed by atoms with Crippen LogP contribution in [0.3, 0.4) is 0 Å². The molecule has 32 heavy (non-hydrogen) atoms. The Morgan fingerprint density at radius 2 is 1.72 bits per heavy atom. The Bertz CT molecular complexity index is 778. The molecule has 2 aliphatic carbocycles. The largest absolute Gasteiger partial charge is 0.384 e. The van der Waals surface area contributed by atoms with Gasteiger partial charge in [-0.25, -0.2) is 0 Å². The second-order valence-electron chi connectivity index (χ2n) is 9.59.